The number of amides is 1. The Balaban J connectivity index is 2.02. The maximum absolute atomic E-state index is 14.8. The molecular formula is C21H21BrFN3O4. The SMILES string of the molecule is COc1ccc(C(NC(=O)c2c(Br)cc(C)nc2OC(C)C)c2ccon2)c(F)c1. The van der Waals surface area contributed by atoms with Crippen LogP contribution in [0.4, 0.5) is 4.39 Å². The molecule has 158 valence electrons. The lowest BCUT2D eigenvalue weighted by molar-refractivity contribution is 0.0933. The van der Waals surface area contributed by atoms with Gasteiger partial charge in [0.15, 0.2) is 0 Å². The Hall–Kier alpha value is -2.94. The van der Waals surface area contributed by atoms with Crippen LogP contribution < -0.4 is 14.8 Å². The summed E-state index contributed by atoms with van der Waals surface area (Å²) in [5, 5.41) is 6.70. The number of benzene rings is 1. The minimum absolute atomic E-state index is 0.184. The lowest BCUT2D eigenvalue weighted by Gasteiger charge is -2.20. The molecule has 1 aromatic carbocycles. The van der Waals surface area contributed by atoms with Gasteiger partial charge in [-0.3, -0.25) is 4.79 Å². The van der Waals surface area contributed by atoms with Gasteiger partial charge in [0.2, 0.25) is 5.88 Å². The average molecular weight is 478 g/mol. The lowest BCUT2D eigenvalue weighted by Crippen LogP contribution is -2.31. The van der Waals surface area contributed by atoms with E-state index in [1.165, 1.54) is 25.5 Å². The number of aromatic nitrogens is 2. The van der Waals surface area contributed by atoms with Gasteiger partial charge in [-0.05, 0) is 54.9 Å². The maximum Gasteiger partial charge on any atom is 0.258 e. The van der Waals surface area contributed by atoms with Crippen LogP contribution >= 0.6 is 15.9 Å². The summed E-state index contributed by atoms with van der Waals surface area (Å²) in [6.07, 6.45) is 1.16. The smallest absolute Gasteiger partial charge is 0.258 e. The van der Waals surface area contributed by atoms with Crippen molar-refractivity contribution in [3.05, 3.63) is 69.4 Å². The van der Waals surface area contributed by atoms with Gasteiger partial charge in [0.1, 0.15) is 35.1 Å². The van der Waals surface area contributed by atoms with E-state index in [2.05, 4.69) is 31.4 Å². The van der Waals surface area contributed by atoms with E-state index in [1.807, 2.05) is 13.8 Å². The number of nitrogens with zero attached hydrogens (tertiary/aromatic N) is 2. The molecule has 0 aliphatic heterocycles. The monoisotopic (exact) mass is 477 g/mol. The molecule has 0 fully saturated rings. The van der Waals surface area contributed by atoms with Crippen LogP contribution in [0.2, 0.25) is 0 Å². The summed E-state index contributed by atoms with van der Waals surface area (Å²) in [6.45, 7) is 5.47. The first kappa shape index (κ1) is 21.8. The third-order valence-electron chi connectivity index (χ3n) is 4.19. The van der Waals surface area contributed by atoms with E-state index in [1.54, 1.807) is 25.1 Å². The molecule has 3 rings (SSSR count). The molecule has 2 heterocycles. The molecule has 3 aromatic rings. The topological polar surface area (TPSA) is 86.5 Å². The highest BCUT2D eigenvalue weighted by Crippen LogP contribution is 2.30. The second-order valence-electron chi connectivity index (χ2n) is 6.81. The first-order valence-corrected chi connectivity index (χ1v) is 9.97. The van der Waals surface area contributed by atoms with E-state index in [9.17, 15) is 9.18 Å². The standard InChI is InChI=1S/C21H21BrFN3O4/c1-11(2)30-21-18(15(22)9-12(3)24-21)20(27)25-19(17-7-8-29-26-17)14-6-5-13(28-4)10-16(14)23/h5-11,19H,1-4H3,(H,25,27). The average Bonchev–Trinajstić information content (AvgIpc) is 3.19. The highest BCUT2D eigenvalue weighted by Gasteiger charge is 2.27. The number of aryl methyl sites for hydroxylation is 1. The van der Waals surface area contributed by atoms with E-state index in [0.717, 1.165) is 0 Å². The third kappa shape index (κ3) is 4.79. The van der Waals surface area contributed by atoms with Gasteiger partial charge in [0.25, 0.3) is 5.91 Å². The predicted octanol–water partition coefficient (Wildman–Crippen LogP) is 4.59. The van der Waals surface area contributed by atoms with Gasteiger partial charge in [-0.15, -0.1) is 0 Å². The van der Waals surface area contributed by atoms with Crippen LogP contribution in [0.25, 0.3) is 0 Å². The van der Waals surface area contributed by atoms with Crippen LogP contribution in [0.5, 0.6) is 11.6 Å². The number of nitrogens with one attached hydrogen (secondary N) is 1. The zero-order chi connectivity index (χ0) is 21.8. The fraction of sp³-hybridized carbons (Fsp3) is 0.286. The van der Waals surface area contributed by atoms with Crippen LogP contribution in [0.1, 0.15) is 47.2 Å². The zero-order valence-electron chi connectivity index (χ0n) is 16.9. The maximum atomic E-state index is 14.8. The van der Waals surface area contributed by atoms with Gasteiger partial charge < -0.3 is 19.3 Å². The second-order valence-corrected chi connectivity index (χ2v) is 7.66. The number of ether oxygens (including phenoxy) is 2. The Morgan fingerprint density at radius 1 is 1.27 bits per heavy atom. The number of methoxy groups -OCH3 is 1. The van der Waals surface area contributed by atoms with Crippen molar-refractivity contribution in [1.29, 1.82) is 0 Å². The molecule has 1 unspecified atom stereocenters. The van der Waals surface area contributed by atoms with Crippen LogP contribution in [0.3, 0.4) is 0 Å². The molecule has 0 saturated heterocycles. The Kier molecular flexibility index (Phi) is 6.71. The number of hydrogen-bond acceptors (Lipinski definition) is 6. The molecule has 2 aromatic heterocycles. The van der Waals surface area contributed by atoms with Gasteiger partial charge in [0.05, 0.1) is 13.2 Å². The highest BCUT2D eigenvalue weighted by atomic mass is 79.9. The number of carbonyl (C=O) groups is 1. The minimum atomic E-state index is -0.901. The highest BCUT2D eigenvalue weighted by molar-refractivity contribution is 9.10. The predicted molar refractivity (Wildman–Crippen MR) is 111 cm³/mol. The molecule has 1 atom stereocenters. The van der Waals surface area contributed by atoms with Crippen molar-refractivity contribution < 1.29 is 23.2 Å². The molecule has 0 saturated carbocycles. The van der Waals surface area contributed by atoms with Crippen LogP contribution in [0, 0.1) is 12.7 Å². The normalized spacial score (nSPS) is 12.0. The van der Waals surface area contributed by atoms with Crippen molar-refractivity contribution in [3.63, 3.8) is 0 Å². The molecule has 30 heavy (non-hydrogen) atoms. The third-order valence-corrected chi connectivity index (χ3v) is 4.81. The lowest BCUT2D eigenvalue weighted by atomic mass is 10.0. The Bertz CT molecular complexity index is 1040. The molecule has 9 heteroatoms. The molecule has 0 bridgehead atoms. The van der Waals surface area contributed by atoms with Gasteiger partial charge in [-0.1, -0.05) is 5.16 Å². The van der Waals surface area contributed by atoms with Crippen molar-refractivity contribution in [1.82, 2.24) is 15.5 Å². The van der Waals surface area contributed by atoms with E-state index < -0.39 is 17.8 Å². The number of carbonyl (C=O) groups excluding carboxylic acids is 1. The van der Waals surface area contributed by atoms with Gasteiger partial charge in [-0.25, -0.2) is 9.37 Å². The fourth-order valence-electron chi connectivity index (χ4n) is 2.87. The summed E-state index contributed by atoms with van der Waals surface area (Å²) >= 11 is 3.41. The summed E-state index contributed by atoms with van der Waals surface area (Å²) in [5.41, 5.74) is 1.44. The van der Waals surface area contributed by atoms with Crippen LogP contribution in [-0.2, 0) is 0 Å². The van der Waals surface area contributed by atoms with Crippen LogP contribution in [0.15, 0.2) is 45.6 Å². The van der Waals surface area contributed by atoms with Gasteiger partial charge in [0, 0.05) is 27.9 Å². The van der Waals surface area contributed by atoms with Crippen molar-refractivity contribution in [2.45, 2.75) is 32.9 Å². The van der Waals surface area contributed by atoms with Crippen molar-refractivity contribution in [3.8, 4) is 11.6 Å². The molecular weight excluding hydrogens is 457 g/mol. The first-order chi connectivity index (χ1) is 14.3. The summed E-state index contributed by atoms with van der Waals surface area (Å²) < 4.78 is 31.0. The molecule has 0 spiro atoms. The Morgan fingerprint density at radius 3 is 2.63 bits per heavy atom. The van der Waals surface area contributed by atoms with Crippen molar-refractivity contribution >= 4 is 21.8 Å². The van der Waals surface area contributed by atoms with E-state index in [0.29, 0.717) is 21.6 Å². The van der Waals surface area contributed by atoms with E-state index >= 15 is 0 Å². The number of hydrogen-bond donors (Lipinski definition) is 1. The largest absolute Gasteiger partial charge is 0.497 e. The number of rotatable bonds is 7. The molecule has 0 radical (unpaired) electrons. The Morgan fingerprint density at radius 2 is 2.03 bits per heavy atom. The van der Waals surface area contributed by atoms with E-state index in [-0.39, 0.29) is 23.1 Å². The number of pyridine rings is 1. The zero-order valence-corrected chi connectivity index (χ0v) is 18.5. The van der Waals surface area contributed by atoms with Gasteiger partial charge >= 0.3 is 0 Å². The van der Waals surface area contributed by atoms with Crippen LogP contribution in [-0.4, -0.2) is 29.3 Å². The molecule has 7 nitrogen and oxygen atoms in total. The van der Waals surface area contributed by atoms with Crippen molar-refractivity contribution in [2.75, 3.05) is 7.11 Å². The molecule has 0 aliphatic carbocycles. The quantitative estimate of drug-likeness (QED) is 0.535. The Labute approximate surface area is 181 Å². The van der Waals surface area contributed by atoms with E-state index in [4.69, 9.17) is 14.0 Å². The fourth-order valence-corrected chi connectivity index (χ4v) is 3.56. The molecule has 1 amide bonds. The number of halogens is 2. The molecule has 0 aliphatic rings. The minimum Gasteiger partial charge on any atom is -0.497 e. The second kappa shape index (κ2) is 9.25. The summed E-state index contributed by atoms with van der Waals surface area (Å²) in [7, 11) is 1.45. The summed E-state index contributed by atoms with van der Waals surface area (Å²) in [4.78, 5) is 17.6. The van der Waals surface area contributed by atoms with Crippen molar-refractivity contribution in [2.24, 2.45) is 0 Å². The summed E-state index contributed by atoms with van der Waals surface area (Å²) in [5.74, 6) is -0.515. The summed E-state index contributed by atoms with van der Waals surface area (Å²) in [6, 6.07) is 6.74. The molecule has 1 N–H and O–H groups in total. The first-order valence-electron chi connectivity index (χ1n) is 9.18. The van der Waals surface area contributed by atoms with Gasteiger partial charge in [-0.2, -0.15) is 0 Å².